The Hall–Kier alpha value is 0.0600. The van der Waals surface area contributed by atoms with E-state index >= 15 is 0 Å². The quantitative estimate of drug-likeness (QED) is 0.923. The largest absolute Gasteiger partial charge is 0.314 e. The van der Waals surface area contributed by atoms with Crippen molar-refractivity contribution in [3.8, 4) is 9.88 Å². The highest BCUT2D eigenvalue weighted by Crippen LogP contribution is 2.36. The van der Waals surface area contributed by atoms with Gasteiger partial charge >= 0.3 is 0 Å². The molecule has 0 aliphatic carbocycles. The van der Waals surface area contributed by atoms with E-state index < -0.39 is 0 Å². The zero-order valence-electron chi connectivity index (χ0n) is 7.88. The number of thiophene rings is 1. The van der Waals surface area contributed by atoms with E-state index in [-0.39, 0.29) is 0 Å². The lowest BCUT2D eigenvalue weighted by Crippen LogP contribution is -2.05. The standard InChI is InChI=1S/C9H8BrClN2S2/c1-12-4-5-8(10)15-9(13-5)6-2-3-7(11)14-6/h2-3,12H,4H2,1H3. The Kier molecular flexibility index (Phi) is 3.79. The van der Waals surface area contributed by atoms with Crippen LogP contribution in [0, 0.1) is 0 Å². The third-order valence-corrected chi connectivity index (χ3v) is 5.01. The zero-order chi connectivity index (χ0) is 10.8. The first-order valence-electron chi connectivity index (χ1n) is 4.26. The third-order valence-electron chi connectivity index (χ3n) is 1.78. The molecule has 0 aromatic carbocycles. The van der Waals surface area contributed by atoms with Crippen molar-refractivity contribution in [1.29, 1.82) is 0 Å². The normalized spacial score (nSPS) is 10.9. The number of hydrogen-bond acceptors (Lipinski definition) is 4. The average Bonchev–Trinajstić information content (AvgIpc) is 2.75. The Morgan fingerprint density at radius 2 is 2.27 bits per heavy atom. The number of nitrogens with zero attached hydrogens (tertiary/aromatic N) is 1. The molecule has 0 saturated heterocycles. The van der Waals surface area contributed by atoms with E-state index in [2.05, 4.69) is 26.2 Å². The summed E-state index contributed by atoms with van der Waals surface area (Å²) in [6.07, 6.45) is 0. The molecule has 0 amide bonds. The second-order valence-corrected chi connectivity index (χ2v) is 6.91. The monoisotopic (exact) mass is 322 g/mol. The number of aromatic nitrogens is 1. The van der Waals surface area contributed by atoms with E-state index in [4.69, 9.17) is 11.6 Å². The maximum absolute atomic E-state index is 5.89. The fourth-order valence-corrected chi connectivity index (χ4v) is 3.74. The number of thiazole rings is 1. The van der Waals surface area contributed by atoms with Crippen LogP contribution >= 0.6 is 50.2 Å². The fraction of sp³-hybridized carbons (Fsp3) is 0.222. The van der Waals surface area contributed by atoms with Gasteiger partial charge in [0.25, 0.3) is 0 Å². The summed E-state index contributed by atoms with van der Waals surface area (Å²) in [5.74, 6) is 0. The third kappa shape index (κ3) is 2.60. The highest BCUT2D eigenvalue weighted by Gasteiger charge is 2.11. The van der Waals surface area contributed by atoms with E-state index in [0.717, 1.165) is 30.2 Å². The second-order valence-electron chi connectivity index (χ2n) is 2.87. The van der Waals surface area contributed by atoms with Crippen molar-refractivity contribution in [2.75, 3.05) is 7.05 Å². The Balaban J connectivity index is 2.33. The molecule has 0 radical (unpaired) electrons. The summed E-state index contributed by atoms with van der Waals surface area (Å²) < 4.78 is 1.88. The molecular weight excluding hydrogens is 316 g/mol. The molecule has 2 heterocycles. The maximum Gasteiger partial charge on any atom is 0.134 e. The summed E-state index contributed by atoms with van der Waals surface area (Å²) in [5, 5.41) is 4.10. The van der Waals surface area contributed by atoms with Crippen LogP contribution in [0.5, 0.6) is 0 Å². The molecule has 2 nitrogen and oxygen atoms in total. The number of hydrogen-bond donors (Lipinski definition) is 1. The molecule has 2 rings (SSSR count). The predicted molar refractivity (Wildman–Crippen MR) is 70.9 cm³/mol. The van der Waals surface area contributed by atoms with Gasteiger partial charge in [0.2, 0.25) is 0 Å². The maximum atomic E-state index is 5.89. The van der Waals surface area contributed by atoms with Gasteiger partial charge in [-0.05, 0) is 35.1 Å². The van der Waals surface area contributed by atoms with E-state index in [1.165, 1.54) is 0 Å². The lowest BCUT2D eigenvalue weighted by atomic mass is 10.4. The van der Waals surface area contributed by atoms with Crippen LogP contribution < -0.4 is 5.32 Å². The summed E-state index contributed by atoms with van der Waals surface area (Å²) in [5.41, 5.74) is 1.04. The van der Waals surface area contributed by atoms with Gasteiger partial charge in [0.15, 0.2) is 0 Å². The van der Waals surface area contributed by atoms with Crippen LogP contribution in [0.25, 0.3) is 9.88 Å². The van der Waals surface area contributed by atoms with Gasteiger partial charge in [0.1, 0.15) is 5.01 Å². The van der Waals surface area contributed by atoms with Crippen molar-refractivity contribution in [3.05, 3.63) is 25.9 Å². The molecule has 0 spiro atoms. The van der Waals surface area contributed by atoms with Gasteiger partial charge in [-0.25, -0.2) is 4.98 Å². The van der Waals surface area contributed by atoms with Gasteiger partial charge < -0.3 is 5.32 Å². The minimum absolute atomic E-state index is 0.774. The molecule has 15 heavy (non-hydrogen) atoms. The molecule has 0 aliphatic rings. The molecule has 2 aromatic heterocycles. The average molecular weight is 324 g/mol. The van der Waals surface area contributed by atoms with Crippen LogP contribution in [0.3, 0.4) is 0 Å². The molecule has 0 aliphatic heterocycles. The fourth-order valence-electron chi connectivity index (χ4n) is 1.14. The Bertz CT molecular complexity index is 466. The molecule has 80 valence electrons. The summed E-state index contributed by atoms with van der Waals surface area (Å²) in [7, 11) is 1.91. The van der Waals surface area contributed by atoms with E-state index in [1.54, 1.807) is 22.7 Å². The molecule has 0 unspecified atom stereocenters. The van der Waals surface area contributed by atoms with Crippen molar-refractivity contribution >= 4 is 50.2 Å². The van der Waals surface area contributed by atoms with Crippen molar-refractivity contribution in [3.63, 3.8) is 0 Å². The Morgan fingerprint density at radius 3 is 2.87 bits per heavy atom. The summed E-state index contributed by atoms with van der Waals surface area (Å²) in [6.45, 7) is 0.774. The first-order chi connectivity index (χ1) is 7.20. The van der Waals surface area contributed by atoms with Gasteiger partial charge in [-0.3, -0.25) is 0 Å². The molecule has 1 N–H and O–H groups in total. The van der Waals surface area contributed by atoms with Gasteiger partial charge in [-0.15, -0.1) is 22.7 Å². The lowest BCUT2D eigenvalue weighted by molar-refractivity contribution is 0.795. The minimum Gasteiger partial charge on any atom is -0.314 e. The molecular formula is C9H8BrClN2S2. The van der Waals surface area contributed by atoms with Gasteiger partial charge in [-0.1, -0.05) is 11.6 Å². The lowest BCUT2D eigenvalue weighted by Gasteiger charge is -1.92. The molecule has 2 aromatic rings. The number of rotatable bonds is 3. The summed E-state index contributed by atoms with van der Waals surface area (Å²) in [6, 6.07) is 3.90. The van der Waals surface area contributed by atoms with Gasteiger partial charge in [0.05, 0.1) is 18.7 Å². The van der Waals surface area contributed by atoms with E-state index in [9.17, 15) is 0 Å². The second kappa shape index (κ2) is 4.93. The summed E-state index contributed by atoms with van der Waals surface area (Å²) >= 11 is 12.6. The predicted octanol–water partition coefficient (Wildman–Crippen LogP) is 4.01. The Morgan fingerprint density at radius 1 is 1.47 bits per heavy atom. The van der Waals surface area contributed by atoms with Crippen LogP contribution in [0.4, 0.5) is 0 Å². The Labute approximate surface area is 109 Å². The smallest absolute Gasteiger partial charge is 0.134 e. The van der Waals surface area contributed by atoms with Crippen LogP contribution in [-0.2, 0) is 6.54 Å². The van der Waals surface area contributed by atoms with E-state index in [1.807, 2.05) is 19.2 Å². The van der Waals surface area contributed by atoms with Gasteiger partial charge in [-0.2, -0.15) is 0 Å². The van der Waals surface area contributed by atoms with Crippen LogP contribution in [-0.4, -0.2) is 12.0 Å². The van der Waals surface area contributed by atoms with Gasteiger partial charge in [0, 0.05) is 6.54 Å². The van der Waals surface area contributed by atoms with Crippen molar-refractivity contribution in [2.24, 2.45) is 0 Å². The zero-order valence-corrected chi connectivity index (χ0v) is 11.9. The van der Waals surface area contributed by atoms with Crippen molar-refractivity contribution in [1.82, 2.24) is 10.3 Å². The van der Waals surface area contributed by atoms with Crippen LogP contribution in [0.15, 0.2) is 15.9 Å². The highest BCUT2D eigenvalue weighted by atomic mass is 79.9. The SMILES string of the molecule is CNCc1nc(-c2ccc(Cl)s2)sc1Br. The number of nitrogens with one attached hydrogen (secondary N) is 1. The van der Waals surface area contributed by atoms with E-state index in [0.29, 0.717) is 0 Å². The van der Waals surface area contributed by atoms with Crippen molar-refractivity contribution < 1.29 is 0 Å². The first-order valence-corrected chi connectivity index (χ1v) is 7.06. The topological polar surface area (TPSA) is 24.9 Å². The molecule has 0 atom stereocenters. The minimum atomic E-state index is 0.774. The molecule has 0 bridgehead atoms. The van der Waals surface area contributed by atoms with Crippen LogP contribution in [0.2, 0.25) is 4.34 Å². The summed E-state index contributed by atoms with van der Waals surface area (Å²) in [4.78, 5) is 5.66. The van der Waals surface area contributed by atoms with Crippen molar-refractivity contribution in [2.45, 2.75) is 6.54 Å². The molecule has 0 saturated carbocycles. The van der Waals surface area contributed by atoms with Crippen LogP contribution in [0.1, 0.15) is 5.69 Å². The number of halogens is 2. The molecule has 6 heteroatoms. The highest BCUT2D eigenvalue weighted by molar-refractivity contribution is 9.11. The first kappa shape index (κ1) is 11.5. The molecule has 0 fully saturated rings.